The standard InChI is InChI=1S/C12Br9ClO/c13-1-2(14)6(18)11(7(19)3(1)15)23-12-8(20)4(16)5(17)10(22)9(12)21. The number of hydrogen-bond donors (Lipinski definition) is 0. The van der Waals surface area contributed by atoms with Gasteiger partial charge in [0.15, 0.2) is 11.5 Å². The SMILES string of the molecule is Clc1c(Br)c(Br)c(Br)c(Oc2c(Br)c(Br)c(Br)c(Br)c2Br)c1Br. The van der Waals surface area contributed by atoms with Crippen molar-refractivity contribution in [3.8, 4) is 11.5 Å². The number of benzene rings is 2. The highest BCUT2D eigenvalue weighted by Crippen LogP contribution is 2.54. The van der Waals surface area contributed by atoms with E-state index in [2.05, 4.69) is 143 Å². The molecule has 2 aromatic carbocycles. The summed E-state index contributed by atoms with van der Waals surface area (Å²) in [5.74, 6) is 1.12. The summed E-state index contributed by atoms with van der Waals surface area (Å²) in [7, 11) is 0. The second-order valence-electron chi connectivity index (χ2n) is 3.90. The predicted octanol–water partition coefficient (Wildman–Crippen LogP) is 11.0. The largest absolute Gasteiger partial charge is 0.452 e. The Morgan fingerprint density at radius 3 is 1.17 bits per heavy atom. The molecule has 0 spiro atoms. The molecule has 23 heavy (non-hydrogen) atoms. The molecule has 0 aliphatic rings. The summed E-state index contributed by atoms with van der Waals surface area (Å²) in [6.45, 7) is 0. The van der Waals surface area contributed by atoms with Gasteiger partial charge in [0.05, 0.1) is 40.8 Å². The molecule has 0 aromatic heterocycles. The van der Waals surface area contributed by atoms with Crippen LogP contribution in [0, 0.1) is 0 Å². The van der Waals surface area contributed by atoms with Crippen molar-refractivity contribution in [3.05, 3.63) is 45.3 Å². The molecule has 11 heteroatoms. The van der Waals surface area contributed by atoms with Crippen LogP contribution in [0.15, 0.2) is 40.3 Å². The first-order valence-electron chi connectivity index (χ1n) is 5.30. The zero-order chi connectivity index (χ0) is 17.6. The van der Waals surface area contributed by atoms with Gasteiger partial charge in [-0.3, -0.25) is 0 Å². The van der Waals surface area contributed by atoms with E-state index in [1.54, 1.807) is 0 Å². The Morgan fingerprint density at radius 1 is 0.435 bits per heavy atom. The van der Waals surface area contributed by atoms with Crippen LogP contribution in [0.3, 0.4) is 0 Å². The fourth-order valence-corrected chi connectivity index (χ4v) is 7.45. The molecular formula is C12Br9ClO. The molecule has 0 fully saturated rings. The van der Waals surface area contributed by atoms with Crippen LogP contribution in [-0.2, 0) is 0 Å². The Bertz CT molecular complexity index is 696. The number of ether oxygens (including phenoxy) is 1. The molecule has 0 unspecified atom stereocenters. The van der Waals surface area contributed by atoms with E-state index in [-0.39, 0.29) is 0 Å². The van der Waals surface area contributed by atoms with Gasteiger partial charge in [0.25, 0.3) is 0 Å². The molecule has 0 saturated carbocycles. The summed E-state index contributed by atoms with van der Waals surface area (Å²) in [6.07, 6.45) is 0. The predicted molar refractivity (Wildman–Crippen MR) is 127 cm³/mol. The molecule has 0 radical (unpaired) electrons. The lowest BCUT2D eigenvalue weighted by molar-refractivity contribution is 0.469. The smallest absolute Gasteiger partial charge is 0.158 e. The first kappa shape index (κ1) is 22.1. The molecule has 2 rings (SSSR count). The van der Waals surface area contributed by atoms with Crippen molar-refractivity contribution in [1.29, 1.82) is 0 Å². The minimum absolute atomic E-state index is 0.498. The van der Waals surface area contributed by atoms with Gasteiger partial charge in [0.2, 0.25) is 0 Å². The van der Waals surface area contributed by atoms with Gasteiger partial charge in [-0.05, 0) is 143 Å². The third-order valence-electron chi connectivity index (χ3n) is 2.54. The van der Waals surface area contributed by atoms with Crippen molar-refractivity contribution < 1.29 is 4.74 Å². The maximum absolute atomic E-state index is 6.32. The summed E-state index contributed by atoms with van der Waals surface area (Å²) in [5.41, 5.74) is 0. The molecule has 0 saturated heterocycles. The van der Waals surface area contributed by atoms with Crippen LogP contribution in [0.1, 0.15) is 0 Å². The summed E-state index contributed by atoms with van der Waals surface area (Å²) < 4.78 is 12.9. The van der Waals surface area contributed by atoms with Crippen molar-refractivity contribution in [2.45, 2.75) is 0 Å². The Balaban J connectivity index is 2.71. The molecule has 0 heterocycles. The van der Waals surface area contributed by atoms with Crippen LogP contribution in [0.2, 0.25) is 5.02 Å². The van der Waals surface area contributed by atoms with Gasteiger partial charge in [-0.2, -0.15) is 0 Å². The number of hydrogen-bond acceptors (Lipinski definition) is 1. The van der Waals surface area contributed by atoms with E-state index >= 15 is 0 Å². The topological polar surface area (TPSA) is 9.23 Å². The fourth-order valence-electron chi connectivity index (χ4n) is 1.45. The van der Waals surface area contributed by atoms with Gasteiger partial charge in [0, 0.05) is 4.47 Å². The van der Waals surface area contributed by atoms with E-state index in [1.165, 1.54) is 0 Å². The van der Waals surface area contributed by atoms with E-state index in [1.807, 2.05) is 0 Å². The van der Waals surface area contributed by atoms with Crippen molar-refractivity contribution in [1.82, 2.24) is 0 Å². The maximum Gasteiger partial charge on any atom is 0.158 e. The van der Waals surface area contributed by atoms with E-state index in [9.17, 15) is 0 Å². The molecule has 0 bridgehead atoms. The van der Waals surface area contributed by atoms with Crippen molar-refractivity contribution >= 4 is 155 Å². The Morgan fingerprint density at radius 2 is 0.739 bits per heavy atom. The van der Waals surface area contributed by atoms with Crippen LogP contribution < -0.4 is 4.74 Å². The lowest BCUT2D eigenvalue weighted by Gasteiger charge is -2.18. The van der Waals surface area contributed by atoms with Gasteiger partial charge in [0.1, 0.15) is 0 Å². The van der Waals surface area contributed by atoms with Crippen LogP contribution in [-0.4, -0.2) is 0 Å². The minimum atomic E-state index is 0.498. The Labute approximate surface area is 213 Å². The van der Waals surface area contributed by atoms with E-state index in [0.717, 1.165) is 35.8 Å². The molecule has 124 valence electrons. The van der Waals surface area contributed by atoms with Crippen molar-refractivity contribution in [3.63, 3.8) is 0 Å². The normalized spacial score (nSPS) is 11.0. The molecular weight excluding hydrogens is 915 g/mol. The van der Waals surface area contributed by atoms with E-state index < -0.39 is 0 Å². The third-order valence-corrected chi connectivity index (χ3v) is 13.6. The molecule has 0 atom stereocenters. The highest BCUT2D eigenvalue weighted by Gasteiger charge is 2.24. The van der Waals surface area contributed by atoms with Crippen LogP contribution >= 0.6 is 155 Å². The van der Waals surface area contributed by atoms with Gasteiger partial charge in [-0.25, -0.2) is 0 Å². The average molecular weight is 915 g/mol. The lowest BCUT2D eigenvalue weighted by Crippen LogP contribution is -1.94. The monoisotopic (exact) mass is 905 g/mol. The van der Waals surface area contributed by atoms with Crippen LogP contribution in [0.5, 0.6) is 11.5 Å². The number of halogens is 10. The third kappa shape index (κ3) is 4.31. The van der Waals surface area contributed by atoms with Crippen LogP contribution in [0.25, 0.3) is 0 Å². The summed E-state index contributed by atoms with van der Waals surface area (Å²) >= 11 is 37.8. The summed E-state index contributed by atoms with van der Waals surface area (Å²) in [4.78, 5) is 0. The zero-order valence-electron chi connectivity index (χ0n) is 10.2. The molecule has 1 nitrogen and oxygen atoms in total. The summed E-state index contributed by atoms with van der Waals surface area (Å²) in [5, 5.41) is 0.498. The molecule has 0 aliphatic heterocycles. The first-order chi connectivity index (χ1) is 10.6. The zero-order valence-corrected chi connectivity index (χ0v) is 25.2. The molecule has 0 amide bonds. The molecule has 0 aliphatic carbocycles. The first-order valence-corrected chi connectivity index (χ1v) is 12.8. The maximum atomic E-state index is 6.32. The number of rotatable bonds is 2. The quantitative estimate of drug-likeness (QED) is 0.215. The minimum Gasteiger partial charge on any atom is -0.452 e. The Kier molecular flexibility index (Phi) is 8.57. The van der Waals surface area contributed by atoms with Gasteiger partial charge >= 0.3 is 0 Å². The fraction of sp³-hybridized carbons (Fsp3) is 0. The van der Waals surface area contributed by atoms with Crippen molar-refractivity contribution in [2.24, 2.45) is 0 Å². The van der Waals surface area contributed by atoms with Gasteiger partial charge in [-0.15, -0.1) is 0 Å². The lowest BCUT2D eigenvalue weighted by atomic mass is 10.3. The highest BCUT2D eigenvalue weighted by atomic mass is 79.9. The van der Waals surface area contributed by atoms with E-state index in [4.69, 9.17) is 16.3 Å². The highest BCUT2D eigenvalue weighted by molar-refractivity contribution is 9.16. The van der Waals surface area contributed by atoms with Crippen LogP contribution in [0.4, 0.5) is 0 Å². The molecule has 2 aromatic rings. The Hall–Kier alpha value is 2.85. The van der Waals surface area contributed by atoms with E-state index in [0.29, 0.717) is 21.0 Å². The second kappa shape index (κ2) is 8.90. The van der Waals surface area contributed by atoms with Crippen molar-refractivity contribution in [2.75, 3.05) is 0 Å². The van der Waals surface area contributed by atoms with Gasteiger partial charge in [-0.1, -0.05) is 11.6 Å². The second-order valence-corrected chi connectivity index (χ2v) is 11.4. The van der Waals surface area contributed by atoms with Gasteiger partial charge < -0.3 is 4.74 Å². The summed E-state index contributed by atoms with van der Waals surface area (Å²) in [6, 6.07) is 0. The molecule has 0 N–H and O–H groups in total. The average Bonchev–Trinajstić information content (AvgIpc) is 2.54.